The minimum absolute atomic E-state index is 0.175. The van der Waals surface area contributed by atoms with Crippen LogP contribution in [0.2, 0.25) is 0 Å². The average Bonchev–Trinajstić information content (AvgIpc) is 2.63. The SMILES string of the molecule is Cc1ccc(C(=O)NC(=S)N2CCN(c3ccc(O)cc3)CC2)cc1. The van der Waals surface area contributed by atoms with E-state index in [1.807, 2.05) is 36.1 Å². The number of nitrogens with zero attached hydrogens (tertiary/aromatic N) is 2. The molecule has 0 radical (unpaired) electrons. The third-order valence-electron chi connectivity index (χ3n) is 4.32. The number of carbonyl (C=O) groups is 1. The number of anilines is 1. The van der Waals surface area contributed by atoms with Crippen LogP contribution in [0.5, 0.6) is 5.75 Å². The summed E-state index contributed by atoms with van der Waals surface area (Å²) in [5.41, 5.74) is 2.80. The molecular formula is C19H21N3O2S. The largest absolute Gasteiger partial charge is 0.508 e. The van der Waals surface area contributed by atoms with Gasteiger partial charge in [0.15, 0.2) is 5.11 Å². The van der Waals surface area contributed by atoms with Gasteiger partial charge in [-0.3, -0.25) is 10.1 Å². The number of phenols is 1. The topological polar surface area (TPSA) is 55.8 Å². The quantitative estimate of drug-likeness (QED) is 0.811. The summed E-state index contributed by atoms with van der Waals surface area (Å²) in [5.74, 6) is 0.0911. The van der Waals surface area contributed by atoms with Gasteiger partial charge in [-0.05, 0) is 55.5 Å². The number of hydrogen-bond acceptors (Lipinski definition) is 4. The van der Waals surface area contributed by atoms with E-state index in [1.54, 1.807) is 24.3 Å². The van der Waals surface area contributed by atoms with E-state index in [-0.39, 0.29) is 11.7 Å². The summed E-state index contributed by atoms with van der Waals surface area (Å²) in [4.78, 5) is 16.5. The number of aryl methyl sites for hydroxylation is 1. The van der Waals surface area contributed by atoms with Gasteiger partial charge >= 0.3 is 0 Å². The average molecular weight is 355 g/mol. The fourth-order valence-corrected chi connectivity index (χ4v) is 3.06. The fraction of sp³-hybridized carbons (Fsp3) is 0.263. The van der Waals surface area contributed by atoms with Gasteiger partial charge in [-0.25, -0.2) is 0 Å². The molecule has 1 heterocycles. The number of aromatic hydroxyl groups is 1. The van der Waals surface area contributed by atoms with Crippen LogP contribution in [0.4, 0.5) is 5.69 Å². The van der Waals surface area contributed by atoms with E-state index in [1.165, 1.54) is 0 Å². The highest BCUT2D eigenvalue weighted by Crippen LogP contribution is 2.19. The summed E-state index contributed by atoms with van der Waals surface area (Å²) in [5, 5.41) is 12.7. The molecule has 1 aliphatic rings. The Labute approximate surface area is 152 Å². The minimum Gasteiger partial charge on any atom is -0.508 e. The molecule has 6 heteroatoms. The molecule has 1 amide bonds. The zero-order valence-electron chi connectivity index (χ0n) is 14.1. The summed E-state index contributed by atoms with van der Waals surface area (Å²) < 4.78 is 0. The van der Waals surface area contributed by atoms with Gasteiger partial charge in [-0.15, -0.1) is 0 Å². The van der Waals surface area contributed by atoms with Crippen LogP contribution in [0, 0.1) is 6.92 Å². The van der Waals surface area contributed by atoms with Crippen molar-refractivity contribution >= 4 is 28.9 Å². The number of piperazine rings is 1. The Morgan fingerprint density at radius 3 is 2.20 bits per heavy atom. The summed E-state index contributed by atoms with van der Waals surface area (Å²) in [7, 11) is 0. The molecule has 0 saturated carbocycles. The highest BCUT2D eigenvalue weighted by atomic mass is 32.1. The smallest absolute Gasteiger partial charge is 0.257 e. The normalized spacial score (nSPS) is 14.3. The molecule has 0 atom stereocenters. The summed E-state index contributed by atoms with van der Waals surface area (Å²) in [6.45, 7) is 5.10. The minimum atomic E-state index is -0.175. The molecule has 2 aromatic carbocycles. The Morgan fingerprint density at radius 2 is 1.60 bits per heavy atom. The van der Waals surface area contributed by atoms with Crippen molar-refractivity contribution in [1.29, 1.82) is 0 Å². The molecule has 2 aromatic rings. The van der Waals surface area contributed by atoms with Crippen molar-refractivity contribution in [3.8, 4) is 5.75 Å². The van der Waals surface area contributed by atoms with Gasteiger partial charge in [0.25, 0.3) is 5.91 Å². The number of thiocarbonyl (C=S) groups is 1. The molecule has 0 aliphatic carbocycles. The predicted molar refractivity (Wildman–Crippen MR) is 103 cm³/mol. The molecule has 0 spiro atoms. The van der Waals surface area contributed by atoms with Crippen molar-refractivity contribution in [3.05, 3.63) is 59.7 Å². The van der Waals surface area contributed by atoms with Gasteiger partial charge in [-0.2, -0.15) is 0 Å². The van der Waals surface area contributed by atoms with E-state index >= 15 is 0 Å². The zero-order valence-corrected chi connectivity index (χ0v) is 14.9. The monoisotopic (exact) mass is 355 g/mol. The lowest BCUT2D eigenvalue weighted by atomic mass is 10.1. The molecule has 5 nitrogen and oxygen atoms in total. The lowest BCUT2D eigenvalue weighted by Crippen LogP contribution is -2.52. The Balaban J connectivity index is 1.53. The van der Waals surface area contributed by atoms with Gasteiger partial charge in [0.05, 0.1) is 0 Å². The van der Waals surface area contributed by atoms with Crippen LogP contribution in [0.1, 0.15) is 15.9 Å². The van der Waals surface area contributed by atoms with Crippen molar-refractivity contribution in [1.82, 2.24) is 10.2 Å². The van der Waals surface area contributed by atoms with Crippen molar-refractivity contribution in [3.63, 3.8) is 0 Å². The van der Waals surface area contributed by atoms with Crippen LogP contribution >= 0.6 is 12.2 Å². The number of nitrogens with one attached hydrogen (secondary N) is 1. The molecule has 2 N–H and O–H groups in total. The molecule has 1 saturated heterocycles. The second-order valence-electron chi connectivity index (χ2n) is 6.12. The lowest BCUT2D eigenvalue weighted by Gasteiger charge is -2.37. The van der Waals surface area contributed by atoms with Gasteiger partial charge < -0.3 is 14.9 Å². The Bertz CT molecular complexity index is 751. The van der Waals surface area contributed by atoms with Crippen molar-refractivity contribution in [2.75, 3.05) is 31.1 Å². The standard InChI is InChI=1S/C19H21N3O2S/c1-14-2-4-15(5-3-14)18(24)20-19(25)22-12-10-21(11-13-22)16-6-8-17(23)9-7-16/h2-9,23H,10-13H2,1H3,(H,20,24,25). The number of amides is 1. The second kappa shape index (κ2) is 7.53. The summed E-state index contributed by atoms with van der Waals surface area (Å²) in [6, 6.07) is 14.6. The maximum absolute atomic E-state index is 12.3. The third-order valence-corrected chi connectivity index (χ3v) is 4.68. The van der Waals surface area contributed by atoms with Crippen molar-refractivity contribution in [2.45, 2.75) is 6.92 Å². The molecule has 1 fully saturated rings. The van der Waals surface area contributed by atoms with Gasteiger partial charge in [0.1, 0.15) is 5.75 Å². The van der Waals surface area contributed by atoms with E-state index < -0.39 is 0 Å². The van der Waals surface area contributed by atoms with E-state index in [2.05, 4.69) is 10.2 Å². The van der Waals surface area contributed by atoms with Gasteiger partial charge in [-0.1, -0.05) is 17.7 Å². The number of hydrogen-bond donors (Lipinski definition) is 2. The first-order chi connectivity index (χ1) is 12.0. The number of carbonyl (C=O) groups excluding carboxylic acids is 1. The maximum atomic E-state index is 12.3. The maximum Gasteiger partial charge on any atom is 0.257 e. The lowest BCUT2D eigenvalue weighted by molar-refractivity contribution is 0.0973. The van der Waals surface area contributed by atoms with Crippen molar-refractivity contribution in [2.24, 2.45) is 0 Å². The number of phenolic OH excluding ortho intramolecular Hbond substituents is 1. The molecule has 0 bridgehead atoms. The molecular weight excluding hydrogens is 334 g/mol. The first-order valence-corrected chi connectivity index (χ1v) is 8.64. The highest BCUT2D eigenvalue weighted by Gasteiger charge is 2.20. The second-order valence-corrected chi connectivity index (χ2v) is 6.50. The molecule has 25 heavy (non-hydrogen) atoms. The first kappa shape index (κ1) is 17.2. The van der Waals surface area contributed by atoms with E-state index in [9.17, 15) is 9.90 Å². The summed E-state index contributed by atoms with van der Waals surface area (Å²) >= 11 is 5.39. The Hall–Kier alpha value is -2.60. The fourth-order valence-electron chi connectivity index (χ4n) is 2.78. The Kier molecular flexibility index (Phi) is 5.19. The highest BCUT2D eigenvalue weighted by molar-refractivity contribution is 7.80. The van der Waals surface area contributed by atoms with Crippen LogP contribution in [0.3, 0.4) is 0 Å². The third kappa shape index (κ3) is 4.28. The van der Waals surface area contributed by atoms with Crippen LogP contribution in [0.15, 0.2) is 48.5 Å². The first-order valence-electron chi connectivity index (χ1n) is 8.24. The van der Waals surface area contributed by atoms with Crippen molar-refractivity contribution < 1.29 is 9.90 Å². The molecule has 130 valence electrons. The van der Waals surface area contributed by atoms with Crippen LogP contribution in [-0.4, -0.2) is 47.2 Å². The van der Waals surface area contributed by atoms with Crippen LogP contribution in [0.25, 0.3) is 0 Å². The molecule has 0 aromatic heterocycles. The molecule has 0 unspecified atom stereocenters. The Morgan fingerprint density at radius 1 is 1.00 bits per heavy atom. The van der Waals surface area contributed by atoms with E-state index in [0.29, 0.717) is 10.7 Å². The van der Waals surface area contributed by atoms with Crippen LogP contribution < -0.4 is 10.2 Å². The summed E-state index contributed by atoms with van der Waals surface area (Å²) in [6.07, 6.45) is 0. The predicted octanol–water partition coefficient (Wildman–Crippen LogP) is 2.54. The van der Waals surface area contributed by atoms with Gasteiger partial charge in [0, 0.05) is 37.4 Å². The van der Waals surface area contributed by atoms with E-state index in [4.69, 9.17) is 12.2 Å². The number of benzene rings is 2. The molecule has 3 rings (SSSR count). The van der Waals surface area contributed by atoms with Gasteiger partial charge in [0.2, 0.25) is 0 Å². The number of rotatable bonds is 2. The molecule has 1 aliphatic heterocycles. The zero-order chi connectivity index (χ0) is 17.8. The van der Waals surface area contributed by atoms with Crippen LogP contribution in [-0.2, 0) is 0 Å². The van der Waals surface area contributed by atoms with E-state index in [0.717, 1.165) is 37.4 Å².